The van der Waals surface area contributed by atoms with Crippen LogP contribution in [0.4, 0.5) is 0 Å². The van der Waals surface area contributed by atoms with Gasteiger partial charge in [0.25, 0.3) is 0 Å². The molecule has 434 valence electrons. The molecule has 0 N–H and O–H groups in total. The number of hydrogen-bond acceptors (Lipinski definition) is 6. The van der Waals surface area contributed by atoms with Crippen LogP contribution in [0.5, 0.6) is 0 Å². The average molecular weight is 1060 g/mol. The lowest BCUT2D eigenvalue weighted by Gasteiger charge is -2.18. The molecule has 0 bridgehead atoms. The minimum atomic E-state index is -0.796. The van der Waals surface area contributed by atoms with Crippen molar-refractivity contribution in [3.05, 3.63) is 109 Å². The Morgan fingerprint density at radius 3 is 0.829 bits per heavy atom. The van der Waals surface area contributed by atoms with Crippen LogP contribution in [-0.2, 0) is 28.6 Å². The summed E-state index contributed by atoms with van der Waals surface area (Å²) in [7, 11) is 0. The van der Waals surface area contributed by atoms with E-state index in [-0.39, 0.29) is 31.1 Å². The van der Waals surface area contributed by atoms with Gasteiger partial charge in [0, 0.05) is 19.3 Å². The van der Waals surface area contributed by atoms with E-state index in [0.29, 0.717) is 19.3 Å². The zero-order chi connectivity index (χ0) is 55.0. The van der Waals surface area contributed by atoms with Crippen LogP contribution >= 0.6 is 0 Å². The van der Waals surface area contributed by atoms with Gasteiger partial charge < -0.3 is 14.2 Å². The predicted molar refractivity (Wildman–Crippen MR) is 330 cm³/mol. The van der Waals surface area contributed by atoms with Gasteiger partial charge in [-0.05, 0) is 122 Å². The van der Waals surface area contributed by atoms with Crippen LogP contribution in [0.25, 0.3) is 0 Å². The maximum Gasteiger partial charge on any atom is 0.306 e. The Morgan fingerprint density at radius 1 is 0.276 bits per heavy atom. The van der Waals surface area contributed by atoms with Crippen LogP contribution in [0.1, 0.15) is 297 Å². The van der Waals surface area contributed by atoms with Crippen molar-refractivity contribution in [2.24, 2.45) is 0 Å². The maximum absolute atomic E-state index is 12.9. The van der Waals surface area contributed by atoms with Crippen molar-refractivity contribution in [2.75, 3.05) is 13.2 Å². The number of unbranched alkanes of at least 4 members (excludes halogenated alkanes) is 28. The molecule has 0 saturated carbocycles. The minimum absolute atomic E-state index is 0.0908. The summed E-state index contributed by atoms with van der Waals surface area (Å²) in [5.74, 6) is -0.922. The Balaban J connectivity index is 4.32. The lowest BCUT2D eigenvalue weighted by molar-refractivity contribution is -0.167. The van der Waals surface area contributed by atoms with Crippen molar-refractivity contribution >= 4 is 17.9 Å². The molecule has 0 spiro atoms. The monoisotopic (exact) mass is 1050 g/mol. The molecule has 76 heavy (non-hydrogen) atoms. The van der Waals surface area contributed by atoms with Crippen LogP contribution in [0, 0.1) is 0 Å². The molecule has 1 unspecified atom stereocenters. The van der Waals surface area contributed by atoms with E-state index in [1.807, 2.05) is 0 Å². The van der Waals surface area contributed by atoms with Crippen LogP contribution in [0.2, 0.25) is 0 Å². The number of rotatable bonds is 57. The van der Waals surface area contributed by atoms with Gasteiger partial charge in [0.05, 0.1) is 0 Å². The molecule has 6 nitrogen and oxygen atoms in total. The van der Waals surface area contributed by atoms with E-state index >= 15 is 0 Å². The molecule has 0 radical (unpaired) electrons. The molecule has 0 aromatic heterocycles. The van der Waals surface area contributed by atoms with Gasteiger partial charge in [0.2, 0.25) is 0 Å². The lowest BCUT2D eigenvalue weighted by Crippen LogP contribution is -2.30. The molecule has 0 aromatic carbocycles. The van der Waals surface area contributed by atoms with Crippen molar-refractivity contribution in [1.82, 2.24) is 0 Å². The van der Waals surface area contributed by atoms with Gasteiger partial charge in [0.1, 0.15) is 13.2 Å². The van der Waals surface area contributed by atoms with Crippen molar-refractivity contribution in [2.45, 2.75) is 303 Å². The molecule has 0 amide bonds. The highest BCUT2D eigenvalue weighted by Crippen LogP contribution is 2.16. The van der Waals surface area contributed by atoms with E-state index in [1.165, 1.54) is 141 Å². The second-order valence-electron chi connectivity index (χ2n) is 20.9. The summed E-state index contributed by atoms with van der Waals surface area (Å²) < 4.78 is 16.9. The Kier molecular flexibility index (Phi) is 60.3. The van der Waals surface area contributed by atoms with Gasteiger partial charge in [0.15, 0.2) is 6.10 Å². The Bertz CT molecular complexity index is 1540. The molecule has 0 aliphatic heterocycles. The first-order chi connectivity index (χ1) is 37.5. The van der Waals surface area contributed by atoms with E-state index < -0.39 is 6.10 Å². The number of allylic oxidation sites excluding steroid dienone is 18. The SMILES string of the molecule is CC/C=C\C/C=C\C/C=C\C/C=C\C/C=C\CCCCCCCCCCCCCC(=O)OCC(COC(=O)CCCCC/C=C\C/C=C\C/C=C\CC)OC(=O)CCCCCCCCC/C=C\CCCCCCCCC. The molecule has 0 rings (SSSR count). The number of carbonyl (C=O) groups is 3. The number of carbonyl (C=O) groups excluding carboxylic acids is 3. The third kappa shape index (κ3) is 60.9. The Labute approximate surface area is 470 Å². The molecule has 0 heterocycles. The molecule has 0 aliphatic carbocycles. The van der Waals surface area contributed by atoms with Crippen LogP contribution in [0.3, 0.4) is 0 Å². The van der Waals surface area contributed by atoms with Gasteiger partial charge in [-0.2, -0.15) is 0 Å². The Hall–Kier alpha value is -3.93. The standard InChI is InChI=1S/C70H118O6/c1-4-7-10-13-16-19-22-25-27-29-31-32-33-34-35-36-37-38-39-41-42-45-48-51-54-57-60-63-69(72)75-66-67(65-74-68(71)62-59-56-53-50-47-44-24-21-18-15-12-9-6-3)76-70(73)64-61-58-55-52-49-46-43-40-30-28-26-23-20-17-14-11-8-5-2/h7,9-10,12,16,18-19,21,25,27-28,30-32,34-35,44,47,67H,4-6,8,11,13-15,17,20,22-24,26,29,33,36-43,45-46,48-66H2,1-3H3/b10-7-,12-9-,19-16-,21-18-,27-25-,30-28-,32-31-,35-34-,47-44-. The van der Waals surface area contributed by atoms with Crippen LogP contribution < -0.4 is 0 Å². The highest BCUT2D eigenvalue weighted by atomic mass is 16.6. The highest BCUT2D eigenvalue weighted by molar-refractivity contribution is 5.71. The van der Waals surface area contributed by atoms with Crippen LogP contribution in [0.15, 0.2) is 109 Å². The second-order valence-corrected chi connectivity index (χ2v) is 20.9. The van der Waals surface area contributed by atoms with E-state index in [4.69, 9.17) is 14.2 Å². The zero-order valence-corrected chi connectivity index (χ0v) is 49.7. The van der Waals surface area contributed by atoms with Gasteiger partial charge in [-0.1, -0.05) is 265 Å². The summed E-state index contributed by atoms with van der Waals surface area (Å²) in [6.45, 7) is 6.40. The molecule has 6 heteroatoms. The van der Waals surface area contributed by atoms with E-state index in [1.54, 1.807) is 0 Å². The third-order valence-electron chi connectivity index (χ3n) is 13.5. The fourth-order valence-electron chi connectivity index (χ4n) is 8.77. The molecule has 0 fully saturated rings. The second kappa shape index (κ2) is 63.6. The predicted octanol–water partition coefficient (Wildman–Crippen LogP) is 21.8. The van der Waals surface area contributed by atoms with Gasteiger partial charge in [-0.15, -0.1) is 0 Å². The fourth-order valence-corrected chi connectivity index (χ4v) is 8.77. The quantitative estimate of drug-likeness (QED) is 0.0261. The van der Waals surface area contributed by atoms with E-state index in [9.17, 15) is 14.4 Å². The number of ether oxygens (including phenoxy) is 3. The van der Waals surface area contributed by atoms with E-state index in [2.05, 4.69) is 130 Å². The summed E-state index contributed by atoms with van der Waals surface area (Å²) in [5, 5.41) is 0. The zero-order valence-electron chi connectivity index (χ0n) is 49.7. The summed E-state index contributed by atoms with van der Waals surface area (Å²) in [6.07, 6.45) is 86.7. The highest BCUT2D eigenvalue weighted by Gasteiger charge is 2.19. The van der Waals surface area contributed by atoms with E-state index in [0.717, 1.165) is 116 Å². The average Bonchev–Trinajstić information content (AvgIpc) is 3.42. The summed E-state index contributed by atoms with van der Waals surface area (Å²) in [6, 6.07) is 0. The number of hydrogen-bond donors (Lipinski definition) is 0. The van der Waals surface area contributed by atoms with Crippen molar-refractivity contribution < 1.29 is 28.6 Å². The van der Waals surface area contributed by atoms with Crippen molar-refractivity contribution in [3.63, 3.8) is 0 Å². The molecule has 0 aromatic rings. The summed E-state index contributed by atoms with van der Waals surface area (Å²) in [4.78, 5) is 38.3. The molecule has 0 saturated heterocycles. The molecular formula is C70H118O6. The van der Waals surface area contributed by atoms with Crippen LogP contribution in [-0.4, -0.2) is 37.2 Å². The Morgan fingerprint density at radius 2 is 0.513 bits per heavy atom. The third-order valence-corrected chi connectivity index (χ3v) is 13.5. The van der Waals surface area contributed by atoms with Gasteiger partial charge in [-0.25, -0.2) is 0 Å². The minimum Gasteiger partial charge on any atom is -0.462 e. The maximum atomic E-state index is 12.9. The fraction of sp³-hybridized carbons (Fsp3) is 0.700. The molecular weight excluding hydrogens is 937 g/mol. The molecule has 1 atom stereocenters. The number of esters is 3. The smallest absolute Gasteiger partial charge is 0.306 e. The van der Waals surface area contributed by atoms with Gasteiger partial charge >= 0.3 is 17.9 Å². The first kappa shape index (κ1) is 72.1. The molecule has 0 aliphatic rings. The van der Waals surface area contributed by atoms with Gasteiger partial charge in [-0.3, -0.25) is 14.4 Å². The largest absolute Gasteiger partial charge is 0.462 e. The normalized spacial score (nSPS) is 12.8. The van der Waals surface area contributed by atoms with Crippen molar-refractivity contribution in [3.8, 4) is 0 Å². The topological polar surface area (TPSA) is 78.9 Å². The summed E-state index contributed by atoms with van der Waals surface area (Å²) >= 11 is 0. The lowest BCUT2D eigenvalue weighted by atomic mass is 10.0. The first-order valence-electron chi connectivity index (χ1n) is 31.9. The summed E-state index contributed by atoms with van der Waals surface area (Å²) in [5.41, 5.74) is 0. The first-order valence-corrected chi connectivity index (χ1v) is 31.9. The van der Waals surface area contributed by atoms with Crippen molar-refractivity contribution in [1.29, 1.82) is 0 Å².